The van der Waals surface area contributed by atoms with Crippen molar-refractivity contribution < 1.29 is 19.3 Å². The van der Waals surface area contributed by atoms with Gasteiger partial charge in [0.25, 0.3) is 5.69 Å². The van der Waals surface area contributed by atoms with E-state index < -0.39 is 10.9 Å². The van der Waals surface area contributed by atoms with Crippen LogP contribution >= 0.6 is 0 Å². The number of nitrogens with two attached hydrogens (primary N) is 1. The van der Waals surface area contributed by atoms with Gasteiger partial charge in [0.05, 0.1) is 10.5 Å². The van der Waals surface area contributed by atoms with Gasteiger partial charge in [-0.05, 0) is 55.3 Å². The fourth-order valence-electron chi connectivity index (χ4n) is 2.86. The van der Waals surface area contributed by atoms with Crippen LogP contribution in [0, 0.1) is 24.0 Å². The number of rotatable bonds is 7. The number of benzene rings is 3. The molecule has 31 heavy (non-hydrogen) atoms. The molecule has 8 nitrogen and oxygen atoms in total. The molecule has 3 aromatic carbocycles. The summed E-state index contributed by atoms with van der Waals surface area (Å²) in [6.07, 6.45) is 0. The number of non-ortho nitro benzene ring substituents is 1. The van der Waals surface area contributed by atoms with Gasteiger partial charge in [0.1, 0.15) is 12.4 Å². The molecule has 3 rings (SSSR count). The molecular weight excluding hydrogens is 398 g/mol. The Kier molecular flexibility index (Phi) is 6.61. The Balaban J connectivity index is 1.64. The molecule has 0 atom stereocenters. The van der Waals surface area contributed by atoms with Gasteiger partial charge in [-0.25, -0.2) is 4.79 Å². The third kappa shape index (κ3) is 5.66. The molecule has 0 radical (unpaired) electrons. The number of oxime groups is 1. The first-order chi connectivity index (χ1) is 14.8. The minimum atomic E-state index is -0.682. The van der Waals surface area contributed by atoms with Gasteiger partial charge in [-0.1, -0.05) is 35.0 Å². The van der Waals surface area contributed by atoms with Crippen LogP contribution in [0.5, 0.6) is 5.75 Å². The molecule has 158 valence electrons. The molecule has 0 saturated carbocycles. The lowest BCUT2D eigenvalue weighted by atomic mass is 10.1. The average molecular weight is 419 g/mol. The Morgan fingerprint density at radius 1 is 1.03 bits per heavy atom. The minimum absolute atomic E-state index is 0.0717. The van der Waals surface area contributed by atoms with Crippen molar-refractivity contribution in [3.63, 3.8) is 0 Å². The first-order valence-electron chi connectivity index (χ1n) is 9.42. The van der Waals surface area contributed by atoms with E-state index in [1.807, 2.05) is 38.1 Å². The Morgan fingerprint density at radius 3 is 2.45 bits per heavy atom. The van der Waals surface area contributed by atoms with Crippen LogP contribution < -0.4 is 10.5 Å². The summed E-state index contributed by atoms with van der Waals surface area (Å²) in [6, 6.07) is 18.2. The van der Waals surface area contributed by atoms with Crippen LogP contribution in [0.1, 0.15) is 32.6 Å². The van der Waals surface area contributed by atoms with Gasteiger partial charge in [0.15, 0.2) is 5.84 Å². The number of nitro groups is 1. The molecule has 0 unspecified atom stereocenters. The van der Waals surface area contributed by atoms with Crippen LogP contribution in [0.25, 0.3) is 0 Å². The van der Waals surface area contributed by atoms with Crippen LogP contribution in [-0.2, 0) is 11.4 Å². The summed E-state index contributed by atoms with van der Waals surface area (Å²) >= 11 is 0. The smallest absolute Gasteiger partial charge is 0.365 e. The number of carbonyl (C=O) groups excluding carboxylic acids is 1. The molecule has 0 bridgehead atoms. The second-order valence-corrected chi connectivity index (χ2v) is 6.92. The van der Waals surface area contributed by atoms with Gasteiger partial charge in [-0.2, -0.15) is 0 Å². The lowest BCUT2D eigenvalue weighted by Crippen LogP contribution is -2.15. The SMILES string of the molecule is Cc1ccc(OCc2cccc(C(=O)O/N=C(\N)c3ccc([N+](=O)[O-])cc3)c2)c(C)c1. The number of ether oxygens (including phenoxy) is 1. The summed E-state index contributed by atoms with van der Waals surface area (Å²) in [5, 5.41) is 14.3. The van der Waals surface area contributed by atoms with Gasteiger partial charge in [0.2, 0.25) is 0 Å². The van der Waals surface area contributed by atoms with Crippen LogP contribution in [-0.4, -0.2) is 16.7 Å². The highest BCUT2D eigenvalue weighted by atomic mass is 16.7. The van der Waals surface area contributed by atoms with Gasteiger partial charge in [-0.3, -0.25) is 10.1 Å². The van der Waals surface area contributed by atoms with E-state index >= 15 is 0 Å². The van der Waals surface area contributed by atoms with E-state index in [0.29, 0.717) is 17.7 Å². The van der Waals surface area contributed by atoms with Gasteiger partial charge in [0, 0.05) is 17.7 Å². The van der Waals surface area contributed by atoms with Crippen molar-refractivity contribution >= 4 is 17.5 Å². The fraction of sp³-hybridized carbons (Fsp3) is 0.130. The summed E-state index contributed by atoms with van der Waals surface area (Å²) in [7, 11) is 0. The Labute approximate surface area is 179 Å². The zero-order valence-electron chi connectivity index (χ0n) is 17.1. The molecule has 0 fully saturated rings. The average Bonchev–Trinajstić information content (AvgIpc) is 2.77. The highest BCUT2D eigenvalue weighted by Gasteiger charge is 2.11. The number of hydrogen-bond donors (Lipinski definition) is 1. The lowest BCUT2D eigenvalue weighted by Gasteiger charge is -2.10. The molecule has 0 aromatic heterocycles. The monoisotopic (exact) mass is 419 g/mol. The molecule has 8 heteroatoms. The molecule has 0 saturated heterocycles. The van der Waals surface area contributed by atoms with Crippen molar-refractivity contribution in [3.8, 4) is 5.75 Å². The molecule has 0 aliphatic carbocycles. The van der Waals surface area contributed by atoms with Crippen molar-refractivity contribution in [3.05, 3.63) is 105 Å². The number of aryl methyl sites for hydroxylation is 2. The predicted octanol–water partition coefficient (Wildman–Crippen LogP) is 4.27. The summed E-state index contributed by atoms with van der Waals surface area (Å²) in [5.41, 5.74) is 9.40. The maximum Gasteiger partial charge on any atom is 0.365 e. The maximum absolute atomic E-state index is 12.3. The zero-order chi connectivity index (χ0) is 22.4. The van der Waals surface area contributed by atoms with E-state index in [2.05, 4.69) is 5.16 Å². The van der Waals surface area contributed by atoms with E-state index in [4.69, 9.17) is 15.3 Å². The van der Waals surface area contributed by atoms with E-state index in [-0.39, 0.29) is 11.5 Å². The molecule has 0 heterocycles. The highest BCUT2D eigenvalue weighted by molar-refractivity contribution is 5.98. The summed E-state index contributed by atoms with van der Waals surface area (Å²) in [5.74, 6) is 0.0230. The molecule has 0 aliphatic heterocycles. The number of nitro benzene ring substituents is 1. The van der Waals surface area contributed by atoms with Crippen LogP contribution in [0.2, 0.25) is 0 Å². The summed E-state index contributed by atoms with van der Waals surface area (Å²) < 4.78 is 5.85. The van der Waals surface area contributed by atoms with Gasteiger partial charge >= 0.3 is 5.97 Å². The predicted molar refractivity (Wildman–Crippen MR) is 116 cm³/mol. The first kappa shape index (κ1) is 21.5. The second kappa shape index (κ2) is 9.53. The number of carbonyl (C=O) groups is 1. The Bertz CT molecular complexity index is 1140. The van der Waals surface area contributed by atoms with Crippen molar-refractivity contribution in [2.75, 3.05) is 0 Å². The molecule has 0 amide bonds. The highest BCUT2D eigenvalue weighted by Crippen LogP contribution is 2.20. The standard InChI is InChI=1S/C23H21N3O5/c1-15-6-11-21(16(2)12-15)30-14-17-4-3-5-19(13-17)23(27)31-25-22(24)18-7-9-20(10-8-18)26(28)29/h3-13H,14H2,1-2H3,(H2,24,25). The number of nitrogens with zero attached hydrogens (tertiary/aromatic N) is 2. The van der Waals surface area contributed by atoms with Crippen LogP contribution in [0.15, 0.2) is 71.9 Å². The van der Waals surface area contributed by atoms with Crippen molar-refractivity contribution in [1.82, 2.24) is 0 Å². The van der Waals surface area contributed by atoms with Crippen LogP contribution in [0.4, 0.5) is 5.69 Å². The number of amidine groups is 1. The summed E-state index contributed by atoms with van der Waals surface area (Å²) in [4.78, 5) is 27.4. The van der Waals surface area contributed by atoms with Gasteiger partial charge in [-0.15, -0.1) is 0 Å². The maximum atomic E-state index is 12.3. The van der Waals surface area contributed by atoms with E-state index in [1.54, 1.807) is 18.2 Å². The molecular formula is C23H21N3O5. The first-order valence-corrected chi connectivity index (χ1v) is 9.42. The largest absolute Gasteiger partial charge is 0.489 e. The van der Waals surface area contributed by atoms with E-state index in [1.165, 1.54) is 24.3 Å². The Morgan fingerprint density at radius 2 is 1.77 bits per heavy atom. The van der Waals surface area contributed by atoms with Crippen molar-refractivity contribution in [2.45, 2.75) is 20.5 Å². The Hall–Kier alpha value is -4.20. The quantitative estimate of drug-likeness (QED) is 0.201. The fourth-order valence-corrected chi connectivity index (χ4v) is 2.86. The van der Waals surface area contributed by atoms with Crippen molar-refractivity contribution in [2.24, 2.45) is 10.9 Å². The van der Waals surface area contributed by atoms with E-state index in [0.717, 1.165) is 22.4 Å². The van der Waals surface area contributed by atoms with E-state index in [9.17, 15) is 14.9 Å². The third-order valence-electron chi connectivity index (χ3n) is 4.49. The topological polar surface area (TPSA) is 117 Å². The lowest BCUT2D eigenvalue weighted by molar-refractivity contribution is -0.384. The minimum Gasteiger partial charge on any atom is -0.489 e. The summed E-state index contributed by atoms with van der Waals surface area (Å²) in [6.45, 7) is 4.28. The normalized spacial score (nSPS) is 11.1. The van der Waals surface area contributed by atoms with Crippen molar-refractivity contribution in [1.29, 1.82) is 0 Å². The molecule has 3 aromatic rings. The second-order valence-electron chi connectivity index (χ2n) is 6.92. The zero-order valence-corrected chi connectivity index (χ0v) is 17.1. The molecule has 2 N–H and O–H groups in total. The third-order valence-corrected chi connectivity index (χ3v) is 4.49. The molecule has 0 spiro atoms. The van der Waals surface area contributed by atoms with Crippen LogP contribution in [0.3, 0.4) is 0 Å². The number of hydrogen-bond acceptors (Lipinski definition) is 6. The molecule has 0 aliphatic rings. The van der Waals surface area contributed by atoms with Gasteiger partial charge < -0.3 is 15.3 Å².